The number of benzene rings is 1. The summed E-state index contributed by atoms with van der Waals surface area (Å²) in [6.07, 6.45) is 14.3. The first-order chi connectivity index (χ1) is 18.6. The van der Waals surface area contributed by atoms with Crippen LogP contribution in [0, 0.1) is 60.7 Å². The van der Waals surface area contributed by atoms with Crippen LogP contribution in [0.4, 0.5) is 0 Å². The van der Waals surface area contributed by atoms with Crippen LogP contribution in [-0.4, -0.2) is 47.8 Å². The fraction of sp³-hybridized carbons (Fsp3) is 0.529. The van der Waals surface area contributed by atoms with E-state index >= 15 is 0 Å². The van der Waals surface area contributed by atoms with Crippen LogP contribution >= 0.6 is 16.3 Å². The minimum Gasteiger partial charge on any atom is -0.102 e. The molecular formula is C34H66P2Si6Zr. The van der Waals surface area contributed by atoms with Crippen molar-refractivity contribution in [1.29, 1.82) is 0 Å². The number of hydrogen-bond acceptors (Lipinski definition) is 0. The van der Waals surface area contributed by atoms with Crippen molar-refractivity contribution in [2.45, 2.75) is 118 Å². The molecular weight excluding hydrogens is 730 g/mol. The monoisotopic (exact) mass is 794 g/mol. The molecule has 10 radical (unpaired) electrons. The summed E-state index contributed by atoms with van der Waals surface area (Å²) in [6.45, 7) is 43.8. The maximum absolute atomic E-state index is 2.47. The molecule has 0 heterocycles. The van der Waals surface area contributed by atoms with Gasteiger partial charge in [0.15, 0.2) is 0 Å². The van der Waals surface area contributed by atoms with Gasteiger partial charge in [-0.15, -0.1) is 16.3 Å². The van der Waals surface area contributed by atoms with Crippen LogP contribution in [0.1, 0.15) is 0 Å². The van der Waals surface area contributed by atoms with E-state index in [1.807, 2.05) is 0 Å². The molecule has 2 fully saturated rings. The van der Waals surface area contributed by atoms with Crippen molar-refractivity contribution in [3.63, 3.8) is 0 Å². The summed E-state index contributed by atoms with van der Waals surface area (Å²) in [5, 5.41) is 3.31. The van der Waals surface area contributed by atoms with Crippen molar-refractivity contribution in [3.8, 4) is 0 Å². The maximum Gasteiger partial charge on any atom is 0.0737 e. The first kappa shape index (κ1) is 45.3. The van der Waals surface area contributed by atoms with E-state index in [4.69, 9.17) is 0 Å². The van der Waals surface area contributed by atoms with Crippen LogP contribution in [-0.2, 0) is 26.2 Å². The van der Waals surface area contributed by atoms with Gasteiger partial charge >= 0.3 is 0 Å². The van der Waals surface area contributed by atoms with E-state index < -0.39 is 47.8 Å². The van der Waals surface area contributed by atoms with Gasteiger partial charge in [-0.25, -0.2) is 0 Å². The van der Waals surface area contributed by atoms with Crippen LogP contribution < -0.4 is 10.6 Å². The molecule has 0 aliphatic heterocycles. The van der Waals surface area contributed by atoms with Gasteiger partial charge in [-0.05, 0) is 71.3 Å². The third kappa shape index (κ3) is 18.6. The molecule has 2 unspecified atom stereocenters. The van der Waals surface area contributed by atoms with Gasteiger partial charge < -0.3 is 0 Å². The van der Waals surface area contributed by atoms with Crippen molar-refractivity contribution in [2.75, 3.05) is 0 Å². The second-order valence-corrected chi connectivity index (χ2v) is 59.5. The Bertz CT molecular complexity index is 829. The summed E-state index contributed by atoms with van der Waals surface area (Å²) in [6, 6.07) is 9.14. The van der Waals surface area contributed by atoms with Crippen LogP contribution in [0.15, 0.2) is 24.3 Å². The smallest absolute Gasteiger partial charge is 0.0737 e. The molecule has 1 aromatic carbocycles. The Kier molecular flexibility index (Phi) is 18.7. The zero-order valence-electron chi connectivity index (χ0n) is 31.3. The predicted molar refractivity (Wildman–Crippen MR) is 221 cm³/mol. The summed E-state index contributed by atoms with van der Waals surface area (Å²) < 4.78 is 0. The van der Waals surface area contributed by atoms with E-state index in [1.54, 1.807) is 32.8 Å². The maximum atomic E-state index is 2.47. The van der Waals surface area contributed by atoms with Crippen LogP contribution in [0.25, 0.3) is 0 Å². The van der Waals surface area contributed by atoms with E-state index in [1.165, 1.54) is 0 Å². The molecule has 0 aromatic heterocycles. The fourth-order valence-corrected chi connectivity index (χ4v) is 18.9. The Morgan fingerprint density at radius 1 is 0.372 bits per heavy atom. The second kappa shape index (κ2) is 17.8. The number of hydrogen-bond donors (Lipinski definition) is 0. The van der Waals surface area contributed by atoms with Crippen LogP contribution in [0.5, 0.6) is 0 Å². The molecule has 0 spiro atoms. The largest absolute Gasteiger partial charge is 0.102 e. The minimum atomic E-state index is -1.07. The molecule has 0 N–H and O–H groups in total. The Morgan fingerprint density at radius 3 is 0.721 bits per heavy atom. The van der Waals surface area contributed by atoms with Crippen molar-refractivity contribution in [1.82, 2.24) is 0 Å². The van der Waals surface area contributed by atoms with Gasteiger partial charge in [-0.1, -0.05) is 142 Å². The average molecular weight is 797 g/mol. The minimum absolute atomic E-state index is 0. The zero-order chi connectivity index (χ0) is 32.9. The van der Waals surface area contributed by atoms with E-state index in [0.29, 0.717) is 0 Å². The van der Waals surface area contributed by atoms with Crippen molar-refractivity contribution < 1.29 is 26.2 Å². The normalized spacial score (nSPS) is 19.0. The van der Waals surface area contributed by atoms with Gasteiger partial charge in [0.25, 0.3) is 0 Å². The summed E-state index contributed by atoms with van der Waals surface area (Å²) in [5.41, 5.74) is 6.46. The molecule has 43 heavy (non-hydrogen) atoms. The number of rotatable bonds is 8. The SMILES string of the molecule is C[Si](C)(C)Pc1ccccc1P[Si](C)(C)C.C[Si](C)(C)[C]1[CH][CH][C]([Si](C)(C)C)[CH]1.C[Si](C)(C)[C]1[CH][CH][C]([Si](C)(C)C)[CH]1.[Zr]. The molecule has 2 aliphatic carbocycles. The van der Waals surface area contributed by atoms with Crippen molar-refractivity contribution >= 4 is 74.6 Å². The summed E-state index contributed by atoms with van der Waals surface area (Å²) in [4.78, 5) is 0. The third-order valence-electron chi connectivity index (χ3n) is 6.92. The summed E-state index contributed by atoms with van der Waals surface area (Å²) >= 11 is 0. The fourth-order valence-electron chi connectivity index (χ4n) is 4.26. The van der Waals surface area contributed by atoms with Crippen molar-refractivity contribution in [2.24, 2.45) is 0 Å². The molecule has 0 bridgehead atoms. The Morgan fingerprint density at radius 2 is 0.581 bits per heavy atom. The molecule has 2 aliphatic rings. The molecule has 0 saturated heterocycles. The summed E-state index contributed by atoms with van der Waals surface area (Å²) in [7, 11) is -4.06. The Labute approximate surface area is 301 Å². The van der Waals surface area contributed by atoms with E-state index in [9.17, 15) is 0 Å². The third-order valence-corrected chi connectivity index (χ3v) is 24.4. The first-order valence-electron chi connectivity index (χ1n) is 15.8. The van der Waals surface area contributed by atoms with Gasteiger partial charge in [0, 0.05) is 26.2 Å². The predicted octanol–water partition coefficient (Wildman–Crippen LogP) is 11.0. The zero-order valence-corrected chi connectivity index (χ0v) is 41.7. The Hall–Kier alpha value is 2.26. The average Bonchev–Trinajstić information content (AvgIpc) is 3.44. The van der Waals surface area contributed by atoms with Gasteiger partial charge in [0.2, 0.25) is 0 Å². The van der Waals surface area contributed by atoms with E-state index in [-0.39, 0.29) is 26.2 Å². The van der Waals surface area contributed by atoms with Gasteiger partial charge in [0.05, 0.1) is 47.8 Å². The second-order valence-electron chi connectivity index (χ2n) is 18.1. The van der Waals surface area contributed by atoms with E-state index in [2.05, 4.69) is 181 Å². The molecule has 2 atom stereocenters. The standard InChI is InChI=1S/C12H24P2Si2.2C11H21Si2.Zr/c1-15(2,3)13-11-9-7-8-10-12(11)14-16(4,5)6;2*1-12(2,3)10-7-8-11(9-10)13(4,5)6;/h7-10,13-14H,1-6H3;2*7-9H,1-6H3;. The van der Waals surface area contributed by atoms with Crippen LogP contribution in [0.3, 0.4) is 0 Å². The molecule has 3 rings (SSSR count). The van der Waals surface area contributed by atoms with Crippen LogP contribution in [0.2, 0.25) is 118 Å². The van der Waals surface area contributed by atoms with Gasteiger partial charge in [0.1, 0.15) is 0 Å². The van der Waals surface area contributed by atoms with Gasteiger partial charge in [-0.3, -0.25) is 0 Å². The Balaban J connectivity index is 0.000000613. The van der Waals surface area contributed by atoms with Gasteiger partial charge in [-0.2, -0.15) is 0 Å². The molecule has 0 nitrogen and oxygen atoms in total. The van der Waals surface area contributed by atoms with Crippen molar-refractivity contribution in [3.05, 3.63) is 85.0 Å². The molecule has 0 amide bonds. The molecule has 9 heteroatoms. The molecule has 2 saturated carbocycles. The van der Waals surface area contributed by atoms with E-state index in [0.717, 1.165) is 16.3 Å². The first-order valence-corrected chi connectivity index (χ1v) is 40.8. The quantitative estimate of drug-likeness (QED) is 0.182. The summed E-state index contributed by atoms with van der Waals surface area (Å²) in [5.74, 6) is 0. The molecule has 240 valence electrons. The molecule has 1 aromatic rings. The topological polar surface area (TPSA) is 0 Å².